The molecule has 16 heavy (non-hydrogen) atoms. The van der Waals surface area contributed by atoms with Crippen LogP contribution in [0.3, 0.4) is 0 Å². The molecule has 0 saturated carbocycles. The predicted molar refractivity (Wildman–Crippen MR) is 67.0 cm³/mol. The standard InChI is InChI=1S/C12H10BrNO2/c1-16-12(15)5-7-14-6-4-9-2-3-10(13)8-11(9)14/h2-8H,1H3/b7-5+. The number of methoxy groups -OCH3 is 1. The van der Waals surface area contributed by atoms with E-state index in [0.717, 1.165) is 15.4 Å². The molecule has 82 valence electrons. The molecule has 1 heterocycles. The number of halogens is 1. The van der Waals surface area contributed by atoms with Crippen molar-refractivity contribution in [1.29, 1.82) is 0 Å². The summed E-state index contributed by atoms with van der Waals surface area (Å²) in [5, 5.41) is 1.12. The molecule has 3 nitrogen and oxygen atoms in total. The Morgan fingerprint density at radius 3 is 3.00 bits per heavy atom. The van der Waals surface area contributed by atoms with Crippen LogP contribution in [-0.4, -0.2) is 17.6 Å². The van der Waals surface area contributed by atoms with Crippen LogP contribution in [0.1, 0.15) is 0 Å². The largest absolute Gasteiger partial charge is 0.466 e. The first-order valence-electron chi connectivity index (χ1n) is 4.73. The molecular formula is C12H10BrNO2. The number of aromatic nitrogens is 1. The number of ether oxygens (including phenoxy) is 1. The van der Waals surface area contributed by atoms with Crippen molar-refractivity contribution >= 4 is 39.0 Å². The molecule has 0 spiro atoms. The topological polar surface area (TPSA) is 31.2 Å². The van der Waals surface area contributed by atoms with Crippen molar-refractivity contribution in [3.63, 3.8) is 0 Å². The maximum atomic E-state index is 11.0. The van der Waals surface area contributed by atoms with Crippen LogP contribution in [0.2, 0.25) is 0 Å². The molecule has 0 radical (unpaired) electrons. The average Bonchev–Trinajstić information content (AvgIpc) is 2.68. The normalized spacial score (nSPS) is 11.1. The third-order valence-corrected chi connectivity index (χ3v) is 2.75. The van der Waals surface area contributed by atoms with Crippen molar-refractivity contribution in [2.24, 2.45) is 0 Å². The molecule has 4 heteroatoms. The molecule has 0 bridgehead atoms. The molecule has 0 amide bonds. The Balaban J connectivity index is 2.41. The number of carbonyl (C=O) groups is 1. The van der Waals surface area contributed by atoms with Gasteiger partial charge in [-0.25, -0.2) is 4.79 Å². The zero-order valence-corrected chi connectivity index (χ0v) is 10.3. The summed E-state index contributed by atoms with van der Waals surface area (Å²) in [4.78, 5) is 11.0. The lowest BCUT2D eigenvalue weighted by atomic mass is 10.2. The molecule has 0 aliphatic rings. The highest BCUT2D eigenvalue weighted by molar-refractivity contribution is 9.10. The van der Waals surface area contributed by atoms with Gasteiger partial charge in [0.05, 0.1) is 12.6 Å². The van der Waals surface area contributed by atoms with Gasteiger partial charge in [-0.2, -0.15) is 0 Å². The first kappa shape index (κ1) is 11.0. The van der Waals surface area contributed by atoms with Crippen LogP contribution in [0.25, 0.3) is 17.1 Å². The van der Waals surface area contributed by atoms with Crippen LogP contribution in [-0.2, 0) is 9.53 Å². The molecule has 0 aliphatic carbocycles. The predicted octanol–water partition coefficient (Wildman–Crippen LogP) is 3.05. The second-order valence-electron chi connectivity index (χ2n) is 3.27. The number of rotatable bonds is 2. The van der Waals surface area contributed by atoms with Crippen LogP contribution in [0.4, 0.5) is 0 Å². The van der Waals surface area contributed by atoms with Crippen LogP contribution < -0.4 is 0 Å². The lowest BCUT2D eigenvalue weighted by Crippen LogP contribution is -1.95. The number of hydrogen-bond donors (Lipinski definition) is 0. The van der Waals surface area contributed by atoms with E-state index in [2.05, 4.69) is 20.7 Å². The summed E-state index contributed by atoms with van der Waals surface area (Å²) in [6.45, 7) is 0. The van der Waals surface area contributed by atoms with Crippen molar-refractivity contribution in [3.05, 3.63) is 41.0 Å². The molecule has 1 aromatic heterocycles. The van der Waals surface area contributed by atoms with Gasteiger partial charge < -0.3 is 9.30 Å². The lowest BCUT2D eigenvalue weighted by Gasteiger charge is -1.98. The summed E-state index contributed by atoms with van der Waals surface area (Å²) >= 11 is 3.42. The summed E-state index contributed by atoms with van der Waals surface area (Å²) in [7, 11) is 1.36. The van der Waals surface area contributed by atoms with Gasteiger partial charge in [0, 0.05) is 22.9 Å². The maximum Gasteiger partial charge on any atom is 0.331 e. The summed E-state index contributed by atoms with van der Waals surface area (Å²) < 4.78 is 7.41. The molecule has 0 N–H and O–H groups in total. The van der Waals surface area contributed by atoms with Gasteiger partial charge in [0.1, 0.15) is 0 Å². The lowest BCUT2D eigenvalue weighted by molar-refractivity contribution is -0.134. The molecule has 0 unspecified atom stereocenters. The minimum Gasteiger partial charge on any atom is -0.466 e. The molecule has 0 saturated heterocycles. The van der Waals surface area contributed by atoms with Gasteiger partial charge in [0.15, 0.2) is 0 Å². The highest BCUT2D eigenvalue weighted by Crippen LogP contribution is 2.20. The highest BCUT2D eigenvalue weighted by atomic mass is 79.9. The van der Waals surface area contributed by atoms with Gasteiger partial charge >= 0.3 is 5.97 Å². The fourth-order valence-corrected chi connectivity index (χ4v) is 1.81. The van der Waals surface area contributed by atoms with Crippen molar-refractivity contribution < 1.29 is 9.53 Å². The zero-order valence-electron chi connectivity index (χ0n) is 8.68. The Labute approximate surface area is 101 Å². The smallest absolute Gasteiger partial charge is 0.331 e. The average molecular weight is 280 g/mol. The summed E-state index contributed by atoms with van der Waals surface area (Å²) in [6.07, 6.45) is 4.97. The molecular weight excluding hydrogens is 270 g/mol. The molecule has 0 atom stereocenters. The quantitative estimate of drug-likeness (QED) is 0.625. The van der Waals surface area contributed by atoms with Crippen molar-refractivity contribution in [2.75, 3.05) is 7.11 Å². The van der Waals surface area contributed by atoms with E-state index in [1.165, 1.54) is 13.2 Å². The van der Waals surface area contributed by atoms with E-state index in [9.17, 15) is 4.79 Å². The molecule has 1 aromatic carbocycles. The van der Waals surface area contributed by atoms with E-state index in [1.807, 2.05) is 35.0 Å². The number of fused-ring (bicyclic) bond motifs is 1. The van der Waals surface area contributed by atoms with Crippen molar-refractivity contribution in [1.82, 2.24) is 4.57 Å². The number of benzene rings is 1. The van der Waals surface area contributed by atoms with E-state index in [1.54, 1.807) is 6.20 Å². The minimum absolute atomic E-state index is 0.364. The van der Waals surface area contributed by atoms with E-state index in [-0.39, 0.29) is 5.97 Å². The van der Waals surface area contributed by atoms with Gasteiger partial charge in [0.2, 0.25) is 0 Å². The number of esters is 1. The second-order valence-corrected chi connectivity index (χ2v) is 4.18. The second kappa shape index (κ2) is 4.53. The van der Waals surface area contributed by atoms with Crippen LogP contribution in [0, 0.1) is 0 Å². The van der Waals surface area contributed by atoms with Crippen molar-refractivity contribution in [2.45, 2.75) is 0 Å². The van der Waals surface area contributed by atoms with Gasteiger partial charge in [-0.05, 0) is 23.6 Å². The summed E-state index contributed by atoms with van der Waals surface area (Å²) in [5.74, 6) is -0.364. The SMILES string of the molecule is COC(=O)/C=C/n1ccc2ccc(Br)cc21. The Hall–Kier alpha value is -1.55. The number of carbonyl (C=O) groups excluding carboxylic acids is 1. The van der Waals surface area contributed by atoms with Crippen molar-refractivity contribution in [3.8, 4) is 0 Å². The monoisotopic (exact) mass is 279 g/mol. The first-order chi connectivity index (χ1) is 7.70. The molecule has 2 rings (SSSR count). The fraction of sp³-hybridized carbons (Fsp3) is 0.0833. The van der Waals surface area contributed by atoms with Crippen LogP contribution in [0.5, 0.6) is 0 Å². The summed E-state index contributed by atoms with van der Waals surface area (Å²) in [5.41, 5.74) is 1.04. The summed E-state index contributed by atoms with van der Waals surface area (Å²) in [6, 6.07) is 7.99. The molecule has 0 fully saturated rings. The highest BCUT2D eigenvalue weighted by Gasteiger charge is 1.99. The van der Waals surface area contributed by atoms with Gasteiger partial charge in [-0.3, -0.25) is 0 Å². The molecule has 0 aliphatic heterocycles. The van der Waals surface area contributed by atoms with Crippen LogP contribution in [0.15, 0.2) is 41.0 Å². The van der Waals surface area contributed by atoms with Gasteiger partial charge in [-0.1, -0.05) is 22.0 Å². The minimum atomic E-state index is -0.364. The van der Waals surface area contributed by atoms with E-state index in [4.69, 9.17) is 0 Å². The Morgan fingerprint density at radius 2 is 2.25 bits per heavy atom. The third-order valence-electron chi connectivity index (χ3n) is 2.26. The molecule has 2 aromatic rings. The van der Waals surface area contributed by atoms with E-state index < -0.39 is 0 Å². The van der Waals surface area contributed by atoms with Gasteiger partial charge in [-0.15, -0.1) is 0 Å². The Morgan fingerprint density at radius 1 is 1.44 bits per heavy atom. The fourth-order valence-electron chi connectivity index (χ4n) is 1.46. The Bertz CT molecular complexity index is 557. The van der Waals surface area contributed by atoms with Gasteiger partial charge in [0.25, 0.3) is 0 Å². The number of hydrogen-bond acceptors (Lipinski definition) is 2. The number of nitrogens with zero attached hydrogens (tertiary/aromatic N) is 1. The maximum absolute atomic E-state index is 11.0. The Kier molecular flexibility index (Phi) is 3.10. The first-order valence-corrected chi connectivity index (χ1v) is 5.52. The van der Waals surface area contributed by atoms with E-state index in [0.29, 0.717) is 0 Å². The van der Waals surface area contributed by atoms with E-state index >= 15 is 0 Å². The van der Waals surface area contributed by atoms with Crippen LogP contribution >= 0.6 is 15.9 Å². The third kappa shape index (κ3) is 2.17. The zero-order chi connectivity index (χ0) is 11.5.